The molecule has 5 rings (SSSR count). The second-order valence-corrected chi connectivity index (χ2v) is 15.6. The molecule has 2 aromatic heterocycles. The van der Waals surface area contributed by atoms with Gasteiger partial charge in [0, 0.05) is 16.3 Å². The zero-order valence-corrected chi connectivity index (χ0v) is 20.9. The minimum absolute atomic E-state index is 0.624. The van der Waals surface area contributed by atoms with Gasteiger partial charge in [-0.15, -0.1) is 0 Å². The van der Waals surface area contributed by atoms with Crippen LogP contribution in [0.3, 0.4) is 0 Å². The van der Waals surface area contributed by atoms with Crippen LogP contribution in [0.15, 0.2) is 65.1 Å². The Morgan fingerprint density at radius 3 is 2.41 bits per heavy atom. The quantitative estimate of drug-likeness (QED) is 0.268. The summed E-state index contributed by atoms with van der Waals surface area (Å²) in [5.41, 5.74) is 7.66. The molecule has 0 saturated carbocycles. The third-order valence-corrected chi connectivity index (χ3v) is 8.25. The Labute approximate surface area is 191 Å². The van der Waals surface area contributed by atoms with E-state index >= 15 is 0 Å². The van der Waals surface area contributed by atoms with Crippen LogP contribution >= 0.6 is 0 Å². The van der Waals surface area contributed by atoms with Gasteiger partial charge in [0.1, 0.15) is 11.2 Å². The van der Waals surface area contributed by atoms with E-state index < -0.39 is 8.07 Å². The van der Waals surface area contributed by atoms with E-state index in [1.807, 2.05) is 12.1 Å². The highest BCUT2D eigenvalue weighted by Crippen LogP contribution is 2.36. The molecule has 0 radical (unpaired) electrons. The number of nitrogens with zero attached hydrogens (tertiary/aromatic N) is 1. The van der Waals surface area contributed by atoms with Crippen molar-refractivity contribution in [2.24, 2.45) is 5.92 Å². The van der Waals surface area contributed by atoms with Gasteiger partial charge in [0.2, 0.25) is 0 Å². The zero-order chi connectivity index (χ0) is 22.6. The van der Waals surface area contributed by atoms with Crippen LogP contribution < -0.4 is 5.19 Å². The minimum Gasteiger partial charge on any atom is -0.455 e. The first-order valence-corrected chi connectivity index (χ1v) is 15.1. The van der Waals surface area contributed by atoms with Gasteiger partial charge in [-0.25, -0.2) is 4.98 Å². The van der Waals surface area contributed by atoms with Crippen molar-refractivity contribution in [3.05, 3.63) is 71.8 Å². The van der Waals surface area contributed by atoms with Crippen molar-refractivity contribution in [1.82, 2.24) is 4.98 Å². The first-order chi connectivity index (χ1) is 15.2. The van der Waals surface area contributed by atoms with Gasteiger partial charge in [-0.1, -0.05) is 63.8 Å². The molecule has 3 heteroatoms. The van der Waals surface area contributed by atoms with E-state index in [2.05, 4.69) is 88.9 Å². The van der Waals surface area contributed by atoms with E-state index in [4.69, 9.17) is 9.40 Å². The van der Waals surface area contributed by atoms with Crippen molar-refractivity contribution in [2.75, 3.05) is 0 Å². The number of aryl methyl sites for hydroxylation is 1. The number of furan rings is 1. The van der Waals surface area contributed by atoms with E-state index in [1.165, 1.54) is 27.1 Å². The fourth-order valence-electron chi connectivity index (χ4n) is 4.79. The molecule has 0 aliphatic rings. The van der Waals surface area contributed by atoms with Gasteiger partial charge in [-0.2, -0.15) is 0 Å². The summed E-state index contributed by atoms with van der Waals surface area (Å²) >= 11 is 0. The average molecular weight is 438 g/mol. The van der Waals surface area contributed by atoms with Crippen LogP contribution in [-0.4, -0.2) is 13.1 Å². The Morgan fingerprint density at radius 1 is 0.875 bits per heavy atom. The predicted molar refractivity (Wildman–Crippen MR) is 141 cm³/mol. The lowest BCUT2D eigenvalue weighted by Crippen LogP contribution is -2.38. The second-order valence-electron chi connectivity index (χ2n) is 10.5. The summed E-state index contributed by atoms with van der Waals surface area (Å²) in [5.74, 6) is 0.624. The van der Waals surface area contributed by atoms with Gasteiger partial charge in [0.25, 0.3) is 0 Å². The fourth-order valence-corrected chi connectivity index (χ4v) is 6.38. The van der Waals surface area contributed by atoms with Crippen LogP contribution in [0.1, 0.15) is 25.0 Å². The molecule has 162 valence electrons. The number of hydrogen-bond acceptors (Lipinski definition) is 2. The SMILES string of the molecule is Cc1cc(-c2cc([Si](C)(C)C)c3ccc(CC(C)C)cc3n2)c2oc3ccccc3c2c1. The summed E-state index contributed by atoms with van der Waals surface area (Å²) in [4.78, 5) is 5.21. The fraction of sp³-hybridized carbons (Fsp3) is 0.276. The molecule has 32 heavy (non-hydrogen) atoms. The highest BCUT2D eigenvalue weighted by molar-refractivity contribution is 6.90. The van der Waals surface area contributed by atoms with Crippen LogP contribution in [-0.2, 0) is 6.42 Å². The maximum absolute atomic E-state index is 6.38. The predicted octanol–water partition coefficient (Wildman–Crippen LogP) is 7.85. The highest BCUT2D eigenvalue weighted by atomic mass is 28.3. The third-order valence-electron chi connectivity index (χ3n) is 6.22. The van der Waals surface area contributed by atoms with Gasteiger partial charge in [0.05, 0.1) is 19.3 Å². The van der Waals surface area contributed by atoms with Gasteiger partial charge < -0.3 is 4.42 Å². The van der Waals surface area contributed by atoms with Crippen molar-refractivity contribution >= 4 is 46.1 Å². The largest absolute Gasteiger partial charge is 0.455 e. The first-order valence-electron chi connectivity index (χ1n) is 11.6. The third kappa shape index (κ3) is 3.65. The topological polar surface area (TPSA) is 26.0 Å². The van der Waals surface area contributed by atoms with Gasteiger partial charge >= 0.3 is 0 Å². The summed E-state index contributed by atoms with van der Waals surface area (Å²) in [7, 11) is -1.59. The average Bonchev–Trinajstić information content (AvgIpc) is 3.09. The second kappa shape index (κ2) is 7.60. The summed E-state index contributed by atoms with van der Waals surface area (Å²) in [6, 6.07) is 22.0. The molecular weight excluding hydrogens is 406 g/mol. The Balaban J connectivity index is 1.83. The Morgan fingerprint density at radius 2 is 1.66 bits per heavy atom. The van der Waals surface area contributed by atoms with Crippen LogP contribution in [0.2, 0.25) is 19.6 Å². The molecule has 2 nitrogen and oxygen atoms in total. The number of benzene rings is 3. The van der Waals surface area contributed by atoms with Gasteiger partial charge in [0.15, 0.2) is 0 Å². The van der Waals surface area contributed by atoms with E-state index in [9.17, 15) is 0 Å². The van der Waals surface area contributed by atoms with E-state index in [1.54, 1.807) is 0 Å². The maximum atomic E-state index is 6.38. The minimum atomic E-state index is -1.59. The molecule has 0 aliphatic carbocycles. The van der Waals surface area contributed by atoms with Crippen LogP contribution in [0, 0.1) is 12.8 Å². The number of aromatic nitrogens is 1. The standard InChI is InChI=1S/C29H31NOSi/c1-18(2)13-20-11-12-22-25(16-20)30-26(17-28(22)32(4,5)6)24-15-19(3)14-23-21-9-7-8-10-27(21)31-29(23)24/h7-12,14-18H,13H2,1-6H3. The van der Waals surface area contributed by atoms with Crippen molar-refractivity contribution in [1.29, 1.82) is 0 Å². The van der Waals surface area contributed by atoms with E-state index in [0.29, 0.717) is 5.92 Å². The van der Waals surface area contributed by atoms with Gasteiger partial charge in [-0.3, -0.25) is 0 Å². The summed E-state index contributed by atoms with van der Waals surface area (Å²) in [5, 5.41) is 5.09. The Bertz CT molecular complexity index is 1470. The zero-order valence-electron chi connectivity index (χ0n) is 19.9. The normalized spacial score (nSPS) is 12.5. The lowest BCUT2D eigenvalue weighted by atomic mass is 10.00. The molecule has 0 aliphatic heterocycles. The van der Waals surface area contributed by atoms with Crippen molar-refractivity contribution in [2.45, 2.75) is 46.8 Å². The Kier molecular flexibility index (Phi) is 4.98. The maximum Gasteiger partial charge on any atom is 0.144 e. The van der Waals surface area contributed by atoms with E-state index in [0.717, 1.165) is 39.7 Å². The Hall–Kier alpha value is -2.91. The summed E-state index contributed by atoms with van der Waals surface area (Å²) in [6.07, 6.45) is 1.07. The molecular formula is C29H31NOSi. The molecule has 0 atom stereocenters. The first kappa shape index (κ1) is 21.0. The molecule has 5 aromatic rings. The van der Waals surface area contributed by atoms with E-state index in [-0.39, 0.29) is 0 Å². The molecule has 3 aromatic carbocycles. The van der Waals surface area contributed by atoms with Crippen molar-refractivity contribution in [3.63, 3.8) is 0 Å². The smallest absolute Gasteiger partial charge is 0.144 e. The molecule has 0 unspecified atom stereocenters. The van der Waals surface area contributed by atoms with Crippen molar-refractivity contribution in [3.8, 4) is 11.3 Å². The summed E-state index contributed by atoms with van der Waals surface area (Å²) in [6.45, 7) is 14.0. The van der Waals surface area contributed by atoms with Crippen LogP contribution in [0.4, 0.5) is 0 Å². The summed E-state index contributed by atoms with van der Waals surface area (Å²) < 4.78 is 6.38. The molecule has 0 bridgehead atoms. The molecule has 0 spiro atoms. The molecule has 0 saturated heterocycles. The number of fused-ring (bicyclic) bond motifs is 4. The van der Waals surface area contributed by atoms with Crippen LogP contribution in [0.5, 0.6) is 0 Å². The highest BCUT2D eigenvalue weighted by Gasteiger charge is 2.23. The van der Waals surface area contributed by atoms with Crippen LogP contribution in [0.25, 0.3) is 44.1 Å². The number of para-hydroxylation sites is 1. The molecule has 0 N–H and O–H groups in total. The lowest BCUT2D eigenvalue weighted by molar-refractivity contribution is 0.648. The monoisotopic (exact) mass is 437 g/mol. The molecule has 0 amide bonds. The number of pyridine rings is 1. The molecule has 0 fully saturated rings. The lowest BCUT2D eigenvalue weighted by Gasteiger charge is -2.21. The molecule has 2 heterocycles. The van der Waals surface area contributed by atoms with Gasteiger partial charge in [-0.05, 0) is 71.3 Å². The number of rotatable bonds is 4. The number of hydrogen-bond donors (Lipinski definition) is 0. The van der Waals surface area contributed by atoms with Crippen molar-refractivity contribution < 1.29 is 4.42 Å².